The van der Waals surface area contributed by atoms with Gasteiger partial charge in [-0.2, -0.15) is 0 Å². The van der Waals surface area contributed by atoms with E-state index in [-0.39, 0.29) is 29.0 Å². The van der Waals surface area contributed by atoms with Crippen molar-refractivity contribution in [1.29, 1.82) is 0 Å². The second-order valence-electron chi connectivity index (χ2n) is 5.65. The number of hydrogen-bond acceptors (Lipinski definition) is 4. The molecule has 0 spiro atoms. The molecule has 2 amide bonds. The van der Waals surface area contributed by atoms with Crippen molar-refractivity contribution in [1.82, 2.24) is 16.2 Å². The Balaban J connectivity index is 1.57. The maximum atomic E-state index is 13.4. The van der Waals surface area contributed by atoms with Gasteiger partial charge in [-0.25, -0.2) is 4.39 Å². The number of benzene rings is 1. The van der Waals surface area contributed by atoms with Gasteiger partial charge in [-0.3, -0.25) is 20.4 Å². The molecule has 136 valence electrons. The zero-order valence-corrected chi connectivity index (χ0v) is 15.3. The van der Waals surface area contributed by atoms with E-state index in [4.69, 9.17) is 12.2 Å². The Labute approximate surface area is 155 Å². The van der Waals surface area contributed by atoms with Crippen molar-refractivity contribution in [2.75, 3.05) is 16.8 Å². The molecule has 0 aromatic heterocycles. The van der Waals surface area contributed by atoms with Crippen molar-refractivity contribution in [3.05, 3.63) is 30.1 Å². The van der Waals surface area contributed by atoms with E-state index in [2.05, 4.69) is 21.5 Å². The molecule has 1 aromatic carbocycles. The molecular weight excluding hydrogens is 363 g/mol. The van der Waals surface area contributed by atoms with Crippen molar-refractivity contribution >= 4 is 46.6 Å². The smallest absolute Gasteiger partial charge is 0.248 e. The molecule has 0 saturated heterocycles. The standard InChI is InChI=1S/C16H21FN4O2S2/c17-12-7-3-4-8-13(12)19-14(22)9-25-10-15(23)20-21-16(24)18-11-5-1-2-6-11/h3-4,7-8,11H,1-2,5-6,9-10H2,(H,19,22)(H,20,23)(H2,18,21,24). The molecule has 1 aliphatic carbocycles. The maximum absolute atomic E-state index is 13.4. The lowest BCUT2D eigenvalue weighted by Crippen LogP contribution is -2.49. The zero-order valence-electron chi connectivity index (χ0n) is 13.6. The van der Waals surface area contributed by atoms with Gasteiger partial charge in [0.2, 0.25) is 11.8 Å². The lowest BCUT2D eigenvalue weighted by atomic mass is 10.3. The molecule has 2 rings (SSSR count). The zero-order chi connectivity index (χ0) is 18.1. The SMILES string of the molecule is O=C(CSCC(=O)Nc1ccccc1F)NNC(=S)NC1CCCC1. The molecule has 25 heavy (non-hydrogen) atoms. The van der Waals surface area contributed by atoms with E-state index in [0.717, 1.165) is 24.6 Å². The van der Waals surface area contributed by atoms with Crippen LogP contribution in [0.5, 0.6) is 0 Å². The summed E-state index contributed by atoms with van der Waals surface area (Å²) in [4.78, 5) is 23.4. The molecule has 0 radical (unpaired) electrons. The number of nitrogens with one attached hydrogen (secondary N) is 4. The number of thioether (sulfide) groups is 1. The third-order valence-corrected chi connectivity index (χ3v) is 4.77. The van der Waals surface area contributed by atoms with Gasteiger partial charge in [-0.05, 0) is 37.2 Å². The van der Waals surface area contributed by atoms with Crippen LogP contribution in [0.1, 0.15) is 25.7 Å². The Kier molecular flexibility index (Phi) is 7.93. The molecule has 1 aromatic rings. The van der Waals surface area contributed by atoms with Crippen LogP contribution in [0.3, 0.4) is 0 Å². The number of para-hydroxylation sites is 1. The van der Waals surface area contributed by atoms with Crippen LogP contribution >= 0.6 is 24.0 Å². The number of thiocarbonyl (C=S) groups is 1. The number of carbonyl (C=O) groups excluding carboxylic acids is 2. The van der Waals surface area contributed by atoms with Crippen LogP contribution in [0.4, 0.5) is 10.1 Å². The first-order valence-corrected chi connectivity index (χ1v) is 9.58. The summed E-state index contributed by atoms with van der Waals surface area (Å²) in [5.41, 5.74) is 5.26. The summed E-state index contributed by atoms with van der Waals surface area (Å²) in [5, 5.41) is 5.99. The number of anilines is 1. The number of hydrogen-bond donors (Lipinski definition) is 4. The number of amides is 2. The molecular formula is C16H21FN4O2S2. The molecule has 0 unspecified atom stereocenters. The van der Waals surface area contributed by atoms with E-state index >= 15 is 0 Å². The fraction of sp³-hybridized carbons (Fsp3) is 0.438. The largest absolute Gasteiger partial charge is 0.359 e. The van der Waals surface area contributed by atoms with Crippen LogP contribution in [-0.4, -0.2) is 34.5 Å². The summed E-state index contributed by atoms with van der Waals surface area (Å²) in [6, 6.07) is 6.29. The minimum atomic E-state index is -0.494. The first-order valence-electron chi connectivity index (χ1n) is 8.02. The first-order chi connectivity index (χ1) is 12.0. The molecule has 1 fully saturated rings. The highest BCUT2D eigenvalue weighted by Gasteiger charge is 2.15. The summed E-state index contributed by atoms with van der Waals surface area (Å²) in [6.45, 7) is 0. The lowest BCUT2D eigenvalue weighted by Gasteiger charge is -2.16. The van der Waals surface area contributed by atoms with Crippen molar-refractivity contribution in [2.24, 2.45) is 0 Å². The Bertz CT molecular complexity index is 624. The predicted octanol–water partition coefficient (Wildman–Crippen LogP) is 1.94. The number of hydrazine groups is 1. The van der Waals surface area contributed by atoms with E-state index < -0.39 is 5.82 Å². The predicted molar refractivity (Wildman–Crippen MR) is 102 cm³/mol. The van der Waals surface area contributed by atoms with Gasteiger partial charge in [0.15, 0.2) is 5.11 Å². The van der Waals surface area contributed by atoms with Crippen LogP contribution < -0.4 is 21.5 Å². The highest BCUT2D eigenvalue weighted by Crippen LogP contribution is 2.17. The molecule has 0 bridgehead atoms. The third-order valence-electron chi connectivity index (χ3n) is 3.62. The van der Waals surface area contributed by atoms with Crippen molar-refractivity contribution in [2.45, 2.75) is 31.7 Å². The molecule has 4 N–H and O–H groups in total. The minimum Gasteiger partial charge on any atom is -0.359 e. The third kappa shape index (κ3) is 7.27. The highest BCUT2D eigenvalue weighted by molar-refractivity contribution is 8.00. The summed E-state index contributed by atoms with van der Waals surface area (Å²) >= 11 is 6.23. The van der Waals surface area contributed by atoms with Crippen LogP contribution in [0.15, 0.2) is 24.3 Å². The van der Waals surface area contributed by atoms with Gasteiger partial charge < -0.3 is 10.6 Å². The van der Waals surface area contributed by atoms with Gasteiger partial charge in [0.1, 0.15) is 5.82 Å². The molecule has 1 saturated carbocycles. The van der Waals surface area contributed by atoms with E-state index in [9.17, 15) is 14.0 Å². The van der Waals surface area contributed by atoms with E-state index in [1.54, 1.807) is 12.1 Å². The first kappa shape index (κ1) is 19.5. The fourth-order valence-corrected chi connectivity index (χ4v) is 3.27. The van der Waals surface area contributed by atoms with Crippen LogP contribution in [0.2, 0.25) is 0 Å². The van der Waals surface area contributed by atoms with E-state index in [1.807, 2.05) is 0 Å². The van der Waals surface area contributed by atoms with Crippen molar-refractivity contribution < 1.29 is 14.0 Å². The molecule has 6 nitrogen and oxygen atoms in total. The van der Waals surface area contributed by atoms with Crippen molar-refractivity contribution in [3.8, 4) is 0 Å². The lowest BCUT2D eigenvalue weighted by molar-refractivity contribution is -0.119. The second kappa shape index (κ2) is 10.2. The molecule has 0 heterocycles. The molecule has 9 heteroatoms. The number of carbonyl (C=O) groups is 2. The number of halogens is 1. The Hall–Kier alpha value is -1.87. The summed E-state index contributed by atoms with van der Waals surface area (Å²) < 4.78 is 13.4. The van der Waals surface area contributed by atoms with Crippen LogP contribution in [0, 0.1) is 5.82 Å². The Morgan fingerprint density at radius 1 is 1.12 bits per heavy atom. The monoisotopic (exact) mass is 384 g/mol. The van der Waals surface area contributed by atoms with E-state index in [0.29, 0.717) is 11.2 Å². The van der Waals surface area contributed by atoms with Crippen molar-refractivity contribution in [3.63, 3.8) is 0 Å². The average Bonchev–Trinajstić information content (AvgIpc) is 3.08. The van der Waals surface area contributed by atoms with Gasteiger partial charge in [0.05, 0.1) is 17.2 Å². The summed E-state index contributed by atoms with van der Waals surface area (Å²) in [5.74, 6) is -1.02. The summed E-state index contributed by atoms with van der Waals surface area (Å²) in [7, 11) is 0. The molecule has 0 atom stereocenters. The quantitative estimate of drug-likeness (QED) is 0.443. The van der Waals surface area contributed by atoms with Gasteiger partial charge >= 0.3 is 0 Å². The van der Waals surface area contributed by atoms with E-state index in [1.165, 1.54) is 25.0 Å². The Morgan fingerprint density at radius 3 is 2.52 bits per heavy atom. The minimum absolute atomic E-state index is 0.0481. The van der Waals surface area contributed by atoms with Gasteiger partial charge in [-0.15, -0.1) is 11.8 Å². The van der Waals surface area contributed by atoms with Gasteiger partial charge in [0, 0.05) is 6.04 Å². The maximum Gasteiger partial charge on any atom is 0.248 e. The van der Waals surface area contributed by atoms with Gasteiger partial charge in [-0.1, -0.05) is 25.0 Å². The average molecular weight is 385 g/mol. The second-order valence-corrected chi connectivity index (χ2v) is 7.04. The Morgan fingerprint density at radius 2 is 1.80 bits per heavy atom. The van der Waals surface area contributed by atoms with Crippen LogP contribution in [-0.2, 0) is 9.59 Å². The van der Waals surface area contributed by atoms with Crippen LogP contribution in [0.25, 0.3) is 0 Å². The fourth-order valence-electron chi connectivity index (χ4n) is 2.44. The highest BCUT2D eigenvalue weighted by atomic mass is 32.2. The molecule has 1 aliphatic rings. The van der Waals surface area contributed by atoms with Gasteiger partial charge in [0.25, 0.3) is 0 Å². The topological polar surface area (TPSA) is 82.3 Å². The normalized spacial score (nSPS) is 14.0. The summed E-state index contributed by atoms with van der Waals surface area (Å²) in [6.07, 6.45) is 4.56. The molecule has 0 aliphatic heterocycles. The number of rotatable bonds is 6.